The summed E-state index contributed by atoms with van der Waals surface area (Å²) in [5.41, 5.74) is 0. The van der Waals surface area contributed by atoms with E-state index < -0.39 is 0 Å². The van der Waals surface area contributed by atoms with E-state index in [1.54, 1.807) is 0 Å². The summed E-state index contributed by atoms with van der Waals surface area (Å²) < 4.78 is 4.87. The van der Waals surface area contributed by atoms with Gasteiger partial charge >= 0.3 is 0 Å². The fraction of sp³-hybridized carbons (Fsp3) is 0.375. The quantitative estimate of drug-likeness (QED) is 0.590. The Hall–Kier alpha value is -1.43. The van der Waals surface area contributed by atoms with Gasteiger partial charge in [-0.15, -0.1) is 6.42 Å². The average Bonchev–Trinajstić information content (AvgIpc) is 2.36. The first-order chi connectivity index (χ1) is 5.24. The van der Waals surface area contributed by atoms with Gasteiger partial charge < -0.3 is 9.42 Å². The standard InChI is InChI=1S/C8H10N2O/c1-4-5-10(3)8-6-7(2)11-9-8/h1,6H,5H2,2-3H3. The van der Waals surface area contributed by atoms with Gasteiger partial charge in [-0.25, -0.2) is 0 Å². The van der Waals surface area contributed by atoms with Gasteiger partial charge in [-0.2, -0.15) is 0 Å². The van der Waals surface area contributed by atoms with Crippen LogP contribution in [0.2, 0.25) is 0 Å². The molecule has 11 heavy (non-hydrogen) atoms. The van der Waals surface area contributed by atoms with Gasteiger partial charge in [-0.3, -0.25) is 0 Å². The third kappa shape index (κ3) is 1.74. The van der Waals surface area contributed by atoms with Crippen molar-refractivity contribution in [2.75, 3.05) is 18.5 Å². The largest absolute Gasteiger partial charge is 0.360 e. The number of nitrogens with zero attached hydrogens (tertiary/aromatic N) is 2. The van der Waals surface area contributed by atoms with Crippen molar-refractivity contribution in [3.8, 4) is 12.3 Å². The molecule has 0 aliphatic heterocycles. The number of rotatable bonds is 2. The molecule has 1 aromatic rings. The molecule has 0 amide bonds. The SMILES string of the molecule is C#CCN(C)c1cc(C)on1. The van der Waals surface area contributed by atoms with Gasteiger partial charge in [0.05, 0.1) is 6.54 Å². The summed E-state index contributed by atoms with van der Waals surface area (Å²) >= 11 is 0. The summed E-state index contributed by atoms with van der Waals surface area (Å²) in [4.78, 5) is 1.84. The Morgan fingerprint density at radius 3 is 3.00 bits per heavy atom. The maximum atomic E-state index is 5.12. The normalized spacial score (nSPS) is 9.18. The molecule has 1 rings (SSSR count). The Morgan fingerprint density at radius 1 is 1.82 bits per heavy atom. The zero-order valence-electron chi connectivity index (χ0n) is 6.66. The van der Waals surface area contributed by atoms with Gasteiger partial charge in [0.2, 0.25) is 0 Å². The van der Waals surface area contributed by atoms with E-state index in [2.05, 4.69) is 11.1 Å². The minimum Gasteiger partial charge on any atom is -0.360 e. The van der Waals surface area contributed by atoms with E-state index in [-0.39, 0.29) is 0 Å². The van der Waals surface area contributed by atoms with E-state index in [1.807, 2.05) is 24.9 Å². The zero-order valence-corrected chi connectivity index (χ0v) is 6.66. The molecule has 0 unspecified atom stereocenters. The average molecular weight is 150 g/mol. The van der Waals surface area contributed by atoms with Crippen molar-refractivity contribution in [3.05, 3.63) is 11.8 Å². The summed E-state index contributed by atoms with van der Waals surface area (Å²) in [7, 11) is 1.87. The molecule has 0 fully saturated rings. The molecule has 0 aromatic carbocycles. The van der Waals surface area contributed by atoms with Crippen LogP contribution in [0.25, 0.3) is 0 Å². The van der Waals surface area contributed by atoms with Gasteiger partial charge in [0.25, 0.3) is 0 Å². The van der Waals surface area contributed by atoms with Crippen LogP contribution in [0.3, 0.4) is 0 Å². The number of hydrogen-bond acceptors (Lipinski definition) is 3. The Kier molecular flexibility index (Phi) is 2.17. The first-order valence-corrected chi connectivity index (χ1v) is 3.32. The van der Waals surface area contributed by atoms with Crippen molar-refractivity contribution >= 4 is 5.82 Å². The predicted molar refractivity (Wildman–Crippen MR) is 43.3 cm³/mol. The van der Waals surface area contributed by atoms with Crippen molar-refractivity contribution in [2.45, 2.75) is 6.92 Å². The topological polar surface area (TPSA) is 29.3 Å². The first-order valence-electron chi connectivity index (χ1n) is 3.32. The summed E-state index contributed by atoms with van der Waals surface area (Å²) in [5.74, 6) is 4.09. The minimum absolute atomic E-state index is 0.548. The van der Waals surface area contributed by atoms with E-state index in [9.17, 15) is 0 Å². The van der Waals surface area contributed by atoms with Gasteiger partial charge in [0.1, 0.15) is 5.76 Å². The second-order valence-electron chi connectivity index (χ2n) is 2.36. The highest BCUT2D eigenvalue weighted by atomic mass is 16.5. The molecule has 1 heterocycles. The monoisotopic (exact) mass is 150 g/mol. The third-order valence-electron chi connectivity index (χ3n) is 1.34. The van der Waals surface area contributed by atoms with Crippen molar-refractivity contribution < 1.29 is 4.52 Å². The Bertz CT molecular complexity index is 272. The lowest BCUT2D eigenvalue weighted by Crippen LogP contribution is -2.16. The number of hydrogen-bond donors (Lipinski definition) is 0. The van der Waals surface area contributed by atoms with Gasteiger partial charge in [0.15, 0.2) is 5.82 Å². The molecule has 0 aliphatic carbocycles. The summed E-state index contributed by atoms with van der Waals surface area (Å²) in [6, 6.07) is 1.84. The highest BCUT2D eigenvalue weighted by Gasteiger charge is 2.03. The van der Waals surface area contributed by atoms with Crippen LogP contribution in [0.1, 0.15) is 5.76 Å². The second kappa shape index (κ2) is 3.11. The van der Waals surface area contributed by atoms with Crippen molar-refractivity contribution in [2.24, 2.45) is 0 Å². The second-order valence-corrected chi connectivity index (χ2v) is 2.36. The number of anilines is 1. The molecule has 0 bridgehead atoms. The molecular weight excluding hydrogens is 140 g/mol. The maximum absolute atomic E-state index is 5.12. The fourth-order valence-corrected chi connectivity index (χ4v) is 0.751. The van der Waals surface area contributed by atoms with Crippen LogP contribution >= 0.6 is 0 Å². The molecule has 0 atom stereocenters. The number of aryl methyl sites for hydroxylation is 1. The van der Waals surface area contributed by atoms with Crippen LogP contribution in [0.5, 0.6) is 0 Å². The number of aromatic nitrogens is 1. The smallest absolute Gasteiger partial charge is 0.172 e. The van der Waals surface area contributed by atoms with Crippen LogP contribution in [0.4, 0.5) is 5.82 Å². The van der Waals surface area contributed by atoms with E-state index >= 15 is 0 Å². The van der Waals surface area contributed by atoms with Crippen molar-refractivity contribution in [1.82, 2.24) is 5.16 Å². The van der Waals surface area contributed by atoms with Gasteiger partial charge in [-0.1, -0.05) is 11.1 Å². The lowest BCUT2D eigenvalue weighted by atomic mass is 10.4. The Labute approximate surface area is 66.0 Å². The fourth-order valence-electron chi connectivity index (χ4n) is 0.751. The molecule has 0 saturated carbocycles. The number of terminal acetylenes is 1. The Morgan fingerprint density at radius 2 is 2.55 bits per heavy atom. The van der Waals surface area contributed by atoms with Gasteiger partial charge in [-0.05, 0) is 6.92 Å². The molecule has 0 spiro atoms. The lowest BCUT2D eigenvalue weighted by molar-refractivity contribution is 0.398. The maximum Gasteiger partial charge on any atom is 0.172 e. The molecule has 1 aromatic heterocycles. The van der Waals surface area contributed by atoms with Crippen LogP contribution in [0.15, 0.2) is 10.6 Å². The van der Waals surface area contributed by atoms with Crippen LogP contribution < -0.4 is 4.90 Å². The molecule has 0 aliphatic rings. The molecule has 3 nitrogen and oxygen atoms in total. The first kappa shape index (κ1) is 7.67. The molecule has 0 radical (unpaired) electrons. The molecule has 58 valence electrons. The molecule has 3 heteroatoms. The Balaban J connectivity index is 2.70. The lowest BCUT2D eigenvalue weighted by Gasteiger charge is -2.09. The molecule has 0 saturated heterocycles. The molecular formula is C8H10N2O. The van der Waals surface area contributed by atoms with Crippen molar-refractivity contribution in [3.63, 3.8) is 0 Å². The van der Waals surface area contributed by atoms with Crippen LogP contribution in [0, 0.1) is 19.3 Å². The van der Waals surface area contributed by atoms with Crippen molar-refractivity contribution in [1.29, 1.82) is 0 Å². The van der Waals surface area contributed by atoms with Crippen LogP contribution in [-0.4, -0.2) is 18.7 Å². The van der Waals surface area contributed by atoms with E-state index in [4.69, 9.17) is 10.9 Å². The predicted octanol–water partition coefficient (Wildman–Crippen LogP) is 1.05. The summed E-state index contributed by atoms with van der Waals surface area (Å²) in [6.07, 6.45) is 5.12. The third-order valence-corrected chi connectivity index (χ3v) is 1.34. The molecule has 0 N–H and O–H groups in total. The van der Waals surface area contributed by atoms with E-state index in [0.29, 0.717) is 6.54 Å². The zero-order chi connectivity index (χ0) is 8.27. The van der Waals surface area contributed by atoms with Gasteiger partial charge in [0, 0.05) is 13.1 Å². The summed E-state index contributed by atoms with van der Waals surface area (Å²) in [6.45, 7) is 2.40. The van der Waals surface area contributed by atoms with Crippen LogP contribution in [-0.2, 0) is 0 Å². The van der Waals surface area contributed by atoms with E-state index in [1.165, 1.54) is 0 Å². The van der Waals surface area contributed by atoms with E-state index in [0.717, 1.165) is 11.6 Å². The highest BCUT2D eigenvalue weighted by Crippen LogP contribution is 2.10. The summed E-state index contributed by atoms with van der Waals surface area (Å²) in [5, 5.41) is 3.79. The minimum atomic E-state index is 0.548. The highest BCUT2D eigenvalue weighted by molar-refractivity contribution is 5.37.